The van der Waals surface area contributed by atoms with Crippen LogP contribution >= 0.6 is 0 Å². The molecule has 0 saturated heterocycles. The number of hydrogen-bond donors (Lipinski definition) is 1. The van der Waals surface area contributed by atoms with E-state index in [4.69, 9.17) is 0 Å². The third-order valence-electron chi connectivity index (χ3n) is 4.04. The number of aromatic nitrogens is 2. The average molecular weight is 313 g/mol. The molecule has 0 aliphatic rings. The molecule has 4 nitrogen and oxygen atoms in total. The maximum absolute atomic E-state index is 11.9. The van der Waals surface area contributed by atoms with Gasteiger partial charge in [0.2, 0.25) is 0 Å². The Labute approximate surface area is 138 Å². The van der Waals surface area contributed by atoms with Gasteiger partial charge in [-0.25, -0.2) is 4.98 Å². The third-order valence-corrected chi connectivity index (χ3v) is 4.04. The number of benzene rings is 1. The lowest BCUT2D eigenvalue weighted by Gasteiger charge is -2.09. The summed E-state index contributed by atoms with van der Waals surface area (Å²) in [5, 5.41) is 2.69. The van der Waals surface area contributed by atoms with Crippen molar-refractivity contribution in [2.45, 2.75) is 47.1 Å². The monoisotopic (exact) mass is 313 g/mol. The Morgan fingerprint density at radius 1 is 1.35 bits per heavy atom. The average Bonchev–Trinajstić information content (AvgIpc) is 2.85. The van der Waals surface area contributed by atoms with Crippen molar-refractivity contribution in [1.29, 1.82) is 0 Å². The molecule has 0 bridgehead atoms. The standard InChI is InChI=1S/C19H27N3O/c1-6-15-11-16(19(23)20-5)12-17-18(15)22(14(4)21-17)10-8-7-9-13(2)3/h7-8,11-13H,6,9-10H2,1-5H3,(H,20,23)/b8-7+. The Hall–Kier alpha value is -2.10. The quantitative estimate of drug-likeness (QED) is 0.823. The van der Waals surface area contributed by atoms with Crippen molar-refractivity contribution in [2.75, 3.05) is 7.05 Å². The molecule has 0 saturated carbocycles. The fourth-order valence-electron chi connectivity index (χ4n) is 2.79. The molecule has 23 heavy (non-hydrogen) atoms. The van der Waals surface area contributed by atoms with Gasteiger partial charge in [-0.3, -0.25) is 4.79 Å². The van der Waals surface area contributed by atoms with Crippen LogP contribution in [0, 0.1) is 12.8 Å². The van der Waals surface area contributed by atoms with E-state index in [1.807, 2.05) is 19.1 Å². The molecule has 0 aliphatic heterocycles. The highest BCUT2D eigenvalue weighted by molar-refractivity contribution is 5.98. The molecule has 0 radical (unpaired) electrons. The van der Waals surface area contributed by atoms with Gasteiger partial charge in [0.15, 0.2) is 0 Å². The van der Waals surface area contributed by atoms with Crippen LogP contribution in [0.15, 0.2) is 24.3 Å². The topological polar surface area (TPSA) is 46.9 Å². The van der Waals surface area contributed by atoms with Gasteiger partial charge in [-0.05, 0) is 43.4 Å². The van der Waals surface area contributed by atoms with Crippen molar-refractivity contribution >= 4 is 16.9 Å². The van der Waals surface area contributed by atoms with Gasteiger partial charge in [-0.15, -0.1) is 0 Å². The first-order valence-corrected chi connectivity index (χ1v) is 8.34. The van der Waals surface area contributed by atoms with E-state index in [1.54, 1.807) is 7.05 Å². The number of hydrogen-bond acceptors (Lipinski definition) is 2. The van der Waals surface area contributed by atoms with Crippen LogP contribution in [0.4, 0.5) is 0 Å². The lowest BCUT2D eigenvalue weighted by atomic mass is 10.1. The van der Waals surface area contributed by atoms with E-state index in [0.717, 1.165) is 36.2 Å². The summed E-state index contributed by atoms with van der Waals surface area (Å²) < 4.78 is 2.23. The zero-order valence-corrected chi connectivity index (χ0v) is 14.8. The molecule has 0 spiro atoms. The summed E-state index contributed by atoms with van der Waals surface area (Å²) in [6.07, 6.45) is 6.41. The first-order chi connectivity index (χ1) is 11.0. The zero-order valence-electron chi connectivity index (χ0n) is 14.8. The number of nitrogens with zero attached hydrogens (tertiary/aromatic N) is 2. The Bertz CT molecular complexity index is 726. The molecule has 0 unspecified atom stereocenters. The Morgan fingerprint density at radius 3 is 2.70 bits per heavy atom. The number of nitrogens with one attached hydrogen (secondary N) is 1. The van der Waals surface area contributed by atoms with Crippen LogP contribution in [0.25, 0.3) is 11.0 Å². The Balaban J connectivity index is 2.44. The smallest absolute Gasteiger partial charge is 0.251 e. The van der Waals surface area contributed by atoms with Crippen molar-refractivity contribution in [3.8, 4) is 0 Å². The Kier molecular flexibility index (Phi) is 5.59. The van der Waals surface area contributed by atoms with E-state index in [9.17, 15) is 4.79 Å². The largest absolute Gasteiger partial charge is 0.355 e. The number of allylic oxidation sites excluding steroid dienone is 2. The highest BCUT2D eigenvalue weighted by Gasteiger charge is 2.14. The van der Waals surface area contributed by atoms with Crippen LogP contribution < -0.4 is 5.32 Å². The van der Waals surface area contributed by atoms with E-state index >= 15 is 0 Å². The predicted molar refractivity (Wildman–Crippen MR) is 95.8 cm³/mol. The number of carbonyl (C=O) groups is 1. The van der Waals surface area contributed by atoms with Gasteiger partial charge < -0.3 is 9.88 Å². The predicted octanol–water partition coefficient (Wildman–Crippen LogP) is 3.87. The van der Waals surface area contributed by atoms with E-state index in [-0.39, 0.29) is 5.91 Å². The highest BCUT2D eigenvalue weighted by Crippen LogP contribution is 2.23. The fourth-order valence-corrected chi connectivity index (χ4v) is 2.79. The summed E-state index contributed by atoms with van der Waals surface area (Å²) in [4.78, 5) is 16.6. The van der Waals surface area contributed by atoms with Gasteiger partial charge >= 0.3 is 0 Å². The maximum atomic E-state index is 11.9. The van der Waals surface area contributed by atoms with Gasteiger partial charge in [-0.2, -0.15) is 0 Å². The summed E-state index contributed by atoms with van der Waals surface area (Å²) in [5.41, 5.74) is 3.89. The van der Waals surface area contributed by atoms with Crippen molar-refractivity contribution < 1.29 is 4.79 Å². The van der Waals surface area contributed by atoms with Crippen LogP contribution in [0.5, 0.6) is 0 Å². The molecule has 4 heteroatoms. The molecule has 2 rings (SSSR count). The van der Waals surface area contributed by atoms with Crippen LogP contribution in [0.1, 0.15) is 48.9 Å². The minimum absolute atomic E-state index is 0.0642. The molecule has 0 atom stereocenters. The zero-order chi connectivity index (χ0) is 17.0. The highest BCUT2D eigenvalue weighted by atomic mass is 16.1. The number of rotatable bonds is 6. The minimum atomic E-state index is -0.0642. The van der Waals surface area contributed by atoms with Crippen molar-refractivity contribution in [3.63, 3.8) is 0 Å². The molecule has 1 N–H and O–H groups in total. The molecule has 1 aromatic heterocycles. The molecule has 1 heterocycles. The van der Waals surface area contributed by atoms with Gasteiger partial charge in [-0.1, -0.05) is 32.9 Å². The number of aryl methyl sites for hydroxylation is 2. The summed E-state index contributed by atoms with van der Waals surface area (Å²) in [7, 11) is 1.65. The fraction of sp³-hybridized carbons (Fsp3) is 0.474. The minimum Gasteiger partial charge on any atom is -0.355 e. The third kappa shape index (κ3) is 3.81. The van der Waals surface area contributed by atoms with Gasteiger partial charge in [0.1, 0.15) is 5.82 Å². The second-order valence-electron chi connectivity index (χ2n) is 6.31. The summed E-state index contributed by atoms with van der Waals surface area (Å²) in [5.74, 6) is 1.59. The Morgan fingerprint density at radius 2 is 2.09 bits per heavy atom. The molecule has 124 valence electrons. The van der Waals surface area contributed by atoms with Crippen molar-refractivity contribution in [2.24, 2.45) is 5.92 Å². The van der Waals surface area contributed by atoms with Crippen LogP contribution in [-0.2, 0) is 13.0 Å². The molecule has 1 amide bonds. The number of amides is 1. The maximum Gasteiger partial charge on any atom is 0.251 e. The summed E-state index contributed by atoms with van der Waals surface area (Å²) in [6, 6.07) is 3.87. The van der Waals surface area contributed by atoms with Crippen LogP contribution in [0.2, 0.25) is 0 Å². The van der Waals surface area contributed by atoms with Crippen LogP contribution in [0.3, 0.4) is 0 Å². The first-order valence-electron chi connectivity index (χ1n) is 8.34. The van der Waals surface area contributed by atoms with Gasteiger partial charge in [0.05, 0.1) is 11.0 Å². The second kappa shape index (κ2) is 7.44. The van der Waals surface area contributed by atoms with Crippen molar-refractivity contribution in [1.82, 2.24) is 14.9 Å². The van der Waals surface area contributed by atoms with E-state index < -0.39 is 0 Å². The number of imidazole rings is 1. The summed E-state index contributed by atoms with van der Waals surface area (Å²) in [6.45, 7) is 9.40. The van der Waals surface area contributed by atoms with E-state index in [0.29, 0.717) is 11.5 Å². The SMILES string of the molecule is CCc1cc(C(=O)NC)cc2nc(C)n(C/C=C/CC(C)C)c12. The molecular formula is C19H27N3O. The molecule has 1 aromatic carbocycles. The second-order valence-corrected chi connectivity index (χ2v) is 6.31. The molecular weight excluding hydrogens is 286 g/mol. The molecule has 2 aromatic rings. The van der Waals surface area contributed by atoms with Crippen LogP contribution in [-0.4, -0.2) is 22.5 Å². The number of fused-ring (bicyclic) bond motifs is 1. The number of carbonyl (C=O) groups excluding carboxylic acids is 1. The van der Waals surface area contributed by atoms with E-state index in [2.05, 4.69) is 47.8 Å². The molecule has 0 fully saturated rings. The first kappa shape index (κ1) is 17.3. The van der Waals surface area contributed by atoms with Crippen molar-refractivity contribution in [3.05, 3.63) is 41.2 Å². The summed E-state index contributed by atoms with van der Waals surface area (Å²) >= 11 is 0. The molecule has 0 aliphatic carbocycles. The lowest BCUT2D eigenvalue weighted by Crippen LogP contribution is -2.18. The van der Waals surface area contributed by atoms with E-state index in [1.165, 1.54) is 5.56 Å². The van der Waals surface area contributed by atoms with Gasteiger partial charge in [0.25, 0.3) is 5.91 Å². The van der Waals surface area contributed by atoms with Gasteiger partial charge in [0, 0.05) is 19.2 Å². The lowest BCUT2D eigenvalue weighted by molar-refractivity contribution is 0.0963. The normalized spacial score (nSPS) is 11.7.